The minimum atomic E-state index is -0.0809. The van der Waals surface area contributed by atoms with E-state index in [9.17, 15) is 4.79 Å². The molecular weight excluding hydrogens is 238 g/mol. The Morgan fingerprint density at radius 1 is 1.11 bits per heavy atom. The van der Waals surface area contributed by atoms with Crippen LogP contribution in [0.4, 0.5) is 5.69 Å². The Morgan fingerprint density at radius 3 is 2.16 bits per heavy atom. The predicted molar refractivity (Wildman–Crippen MR) is 76.7 cm³/mol. The summed E-state index contributed by atoms with van der Waals surface area (Å²) in [6.07, 6.45) is 0. The van der Waals surface area contributed by atoms with Gasteiger partial charge in [0.2, 0.25) is 0 Å². The highest BCUT2D eigenvalue weighted by atomic mass is 16.1. The van der Waals surface area contributed by atoms with Gasteiger partial charge < -0.3 is 5.32 Å². The number of aromatic nitrogens is 2. The highest BCUT2D eigenvalue weighted by Crippen LogP contribution is 2.21. The monoisotopic (exact) mass is 257 g/mol. The maximum absolute atomic E-state index is 12.4. The second-order valence-corrected chi connectivity index (χ2v) is 5.04. The van der Waals surface area contributed by atoms with Crippen molar-refractivity contribution in [2.45, 2.75) is 34.6 Å². The highest BCUT2D eigenvalue weighted by Gasteiger charge is 2.16. The van der Waals surface area contributed by atoms with E-state index in [1.54, 1.807) is 0 Å². The van der Waals surface area contributed by atoms with E-state index < -0.39 is 0 Å². The Labute approximate surface area is 113 Å². The summed E-state index contributed by atoms with van der Waals surface area (Å²) in [7, 11) is 0. The fourth-order valence-electron chi connectivity index (χ4n) is 2.45. The molecule has 4 heteroatoms. The number of rotatable bonds is 2. The lowest BCUT2D eigenvalue weighted by molar-refractivity contribution is 0.102. The van der Waals surface area contributed by atoms with Crippen molar-refractivity contribution < 1.29 is 4.79 Å². The van der Waals surface area contributed by atoms with Crippen LogP contribution in [0.25, 0.3) is 0 Å². The SMILES string of the molecule is Cc1cc(C)c(C(=O)Nc2c(C)n[nH]c2C)c(C)c1. The summed E-state index contributed by atoms with van der Waals surface area (Å²) in [6.45, 7) is 9.72. The lowest BCUT2D eigenvalue weighted by Gasteiger charge is -2.11. The second kappa shape index (κ2) is 4.88. The number of anilines is 1. The third-order valence-corrected chi connectivity index (χ3v) is 3.27. The number of carbonyl (C=O) groups excluding carboxylic acids is 1. The average molecular weight is 257 g/mol. The third kappa shape index (κ3) is 2.52. The van der Waals surface area contributed by atoms with Gasteiger partial charge in [0.1, 0.15) is 0 Å². The number of nitrogens with zero attached hydrogens (tertiary/aromatic N) is 1. The van der Waals surface area contributed by atoms with Gasteiger partial charge in [-0.1, -0.05) is 17.7 Å². The normalized spacial score (nSPS) is 10.6. The van der Waals surface area contributed by atoms with Crippen LogP contribution in [0.2, 0.25) is 0 Å². The van der Waals surface area contributed by atoms with E-state index in [1.807, 2.05) is 46.8 Å². The van der Waals surface area contributed by atoms with Gasteiger partial charge in [0.15, 0.2) is 0 Å². The standard InChI is InChI=1S/C15H19N3O/c1-8-6-9(2)13(10(3)7-8)15(19)16-14-11(4)17-18-12(14)5/h6-7H,1-5H3,(H,16,19)(H,17,18). The van der Waals surface area contributed by atoms with E-state index in [2.05, 4.69) is 15.5 Å². The Kier molecular flexibility index (Phi) is 3.42. The zero-order chi connectivity index (χ0) is 14.2. The summed E-state index contributed by atoms with van der Waals surface area (Å²) in [6, 6.07) is 4.05. The highest BCUT2D eigenvalue weighted by molar-refractivity contribution is 6.06. The van der Waals surface area contributed by atoms with E-state index in [1.165, 1.54) is 5.56 Å². The number of amides is 1. The molecular formula is C15H19N3O. The summed E-state index contributed by atoms with van der Waals surface area (Å²) < 4.78 is 0. The molecule has 0 bridgehead atoms. The number of nitrogens with one attached hydrogen (secondary N) is 2. The van der Waals surface area contributed by atoms with Gasteiger partial charge in [0.05, 0.1) is 17.1 Å². The van der Waals surface area contributed by atoms with Crippen LogP contribution in [0, 0.1) is 34.6 Å². The van der Waals surface area contributed by atoms with Gasteiger partial charge in [-0.15, -0.1) is 0 Å². The van der Waals surface area contributed by atoms with Crippen molar-refractivity contribution in [3.05, 3.63) is 45.8 Å². The Balaban J connectivity index is 2.36. The summed E-state index contributed by atoms with van der Waals surface area (Å²) in [4.78, 5) is 12.4. The second-order valence-electron chi connectivity index (χ2n) is 5.04. The molecule has 1 aromatic carbocycles. The molecule has 0 fully saturated rings. The molecule has 2 rings (SSSR count). The molecule has 0 saturated heterocycles. The molecule has 2 aromatic rings. The Hall–Kier alpha value is -2.10. The van der Waals surface area contributed by atoms with Gasteiger partial charge in [-0.25, -0.2) is 0 Å². The first-order valence-corrected chi connectivity index (χ1v) is 6.31. The van der Waals surface area contributed by atoms with Crippen LogP contribution in [0.3, 0.4) is 0 Å². The summed E-state index contributed by atoms with van der Waals surface area (Å²) in [5.74, 6) is -0.0809. The van der Waals surface area contributed by atoms with Crippen LogP contribution in [-0.4, -0.2) is 16.1 Å². The van der Waals surface area contributed by atoms with Gasteiger partial charge in [-0.2, -0.15) is 5.10 Å². The molecule has 100 valence electrons. The van der Waals surface area contributed by atoms with Gasteiger partial charge in [-0.05, 0) is 45.7 Å². The maximum Gasteiger partial charge on any atom is 0.256 e. The van der Waals surface area contributed by atoms with Gasteiger partial charge in [0.25, 0.3) is 5.91 Å². The largest absolute Gasteiger partial charge is 0.319 e. The van der Waals surface area contributed by atoms with Crippen LogP contribution in [0.5, 0.6) is 0 Å². The molecule has 0 aliphatic rings. The zero-order valence-electron chi connectivity index (χ0n) is 12.0. The maximum atomic E-state index is 12.4. The zero-order valence-corrected chi connectivity index (χ0v) is 12.0. The molecule has 4 nitrogen and oxygen atoms in total. The summed E-state index contributed by atoms with van der Waals surface area (Å²) in [5.41, 5.74) is 6.33. The van der Waals surface area contributed by atoms with Crippen molar-refractivity contribution in [2.24, 2.45) is 0 Å². The fraction of sp³-hybridized carbons (Fsp3) is 0.333. The molecule has 0 aliphatic heterocycles. The molecule has 0 saturated carbocycles. The van der Waals surface area contributed by atoms with E-state index in [0.717, 1.165) is 33.8 Å². The first kappa shape index (κ1) is 13.3. The minimum absolute atomic E-state index is 0.0809. The van der Waals surface area contributed by atoms with Crippen LogP contribution in [0.1, 0.15) is 38.4 Å². The Bertz CT molecular complexity index is 598. The number of hydrogen-bond acceptors (Lipinski definition) is 2. The number of H-pyrrole nitrogens is 1. The van der Waals surface area contributed by atoms with Crippen molar-refractivity contribution in [3.63, 3.8) is 0 Å². The van der Waals surface area contributed by atoms with Crippen LogP contribution in [-0.2, 0) is 0 Å². The number of benzene rings is 1. The van der Waals surface area contributed by atoms with Crippen LogP contribution >= 0.6 is 0 Å². The molecule has 0 spiro atoms. The quantitative estimate of drug-likeness (QED) is 0.868. The van der Waals surface area contributed by atoms with Gasteiger partial charge in [0, 0.05) is 5.56 Å². The molecule has 0 unspecified atom stereocenters. The fourth-order valence-corrected chi connectivity index (χ4v) is 2.45. The first-order valence-electron chi connectivity index (χ1n) is 6.31. The lowest BCUT2D eigenvalue weighted by Crippen LogP contribution is -2.16. The van der Waals surface area contributed by atoms with Gasteiger partial charge >= 0.3 is 0 Å². The molecule has 2 N–H and O–H groups in total. The molecule has 19 heavy (non-hydrogen) atoms. The van der Waals surface area contributed by atoms with E-state index >= 15 is 0 Å². The number of aromatic amines is 1. The molecule has 0 aliphatic carbocycles. The van der Waals surface area contributed by atoms with E-state index in [0.29, 0.717) is 0 Å². The molecule has 1 amide bonds. The van der Waals surface area contributed by atoms with Crippen LogP contribution < -0.4 is 5.32 Å². The number of hydrogen-bond donors (Lipinski definition) is 2. The van der Waals surface area contributed by atoms with Crippen molar-refractivity contribution in [2.75, 3.05) is 5.32 Å². The van der Waals surface area contributed by atoms with Crippen molar-refractivity contribution in [1.29, 1.82) is 0 Å². The van der Waals surface area contributed by atoms with Crippen molar-refractivity contribution in [1.82, 2.24) is 10.2 Å². The predicted octanol–water partition coefficient (Wildman–Crippen LogP) is 3.20. The smallest absolute Gasteiger partial charge is 0.256 e. The van der Waals surface area contributed by atoms with E-state index in [4.69, 9.17) is 0 Å². The third-order valence-electron chi connectivity index (χ3n) is 3.27. The first-order chi connectivity index (χ1) is 8.90. The lowest BCUT2D eigenvalue weighted by atomic mass is 9.99. The van der Waals surface area contributed by atoms with E-state index in [-0.39, 0.29) is 5.91 Å². The summed E-state index contributed by atoms with van der Waals surface area (Å²) >= 11 is 0. The van der Waals surface area contributed by atoms with Crippen molar-refractivity contribution in [3.8, 4) is 0 Å². The van der Waals surface area contributed by atoms with Crippen LogP contribution in [0.15, 0.2) is 12.1 Å². The molecule has 0 atom stereocenters. The van der Waals surface area contributed by atoms with Gasteiger partial charge in [-0.3, -0.25) is 9.89 Å². The molecule has 0 radical (unpaired) electrons. The Morgan fingerprint density at radius 2 is 1.68 bits per heavy atom. The average Bonchev–Trinajstić information content (AvgIpc) is 2.59. The number of carbonyl (C=O) groups is 1. The topological polar surface area (TPSA) is 57.8 Å². The molecule has 1 aromatic heterocycles. The molecule has 1 heterocycles. The van der Waals surface area contributed by atoms with Crippen molar-refractivity contribution >= 4 is 11.6 Å². The number of aryl methyl sites for hydroxylation is 5. The summed E-state index contributed by atoms with van der Waals surface area (Å²) in [5, 5.41) is 9.89. The minimum Gasteiger partial charge on any atom is -0.319 e.